The van der Waals surface area contributed by atoms with E-state index in [1.165, 1.54) is 10.8 Å². The standard InChI is InChI=1S/C25H46N2O6Si2/c1-13-14-25(16-28)19(33-35(11,12)24(6,7)8)18(32-34(9,10)23(3,4)5)21(31-25)27-15-17(2)20(29)26-22(27)30/h13,15,18-19,21,28H,1,14,16H2,2-12H3,(H,26,29,30)/t18-,19+,21-,25-/m1/s1. The molecule has 4 atom stereocenters. The Balaban J connectivity index is 2.80. The van der Waals surface area contributed by atoms with Crippen LogP contribution in [0.4, 0.5) is 0 Å². The van der Waals surface area contributed by atoms with E-state index >= 15 is 0 Å². The number of aliphatic hydroxyl groups is 1. The molecule has 0 saturated carbocycles. The van der Waals surface area contributed by atoms with Crippen LogP contribution in [-0.2, 0) is 13.6 Å². The molecule has 1 saturated heterocycles. The van der Waals surface area contributed by atoms with E-state index in [-0.39, 0.29) is 16.7 Å². The third-order valence-electron chi connectivity index (χ3n) is 8.10. The van der Waals surface area contributed by atoms with Crippen molar-refractivity contribution in [1.82, 2.24) is 9.55 Å². The largest absolute Gasteiger partial charge is 0.408 e. The molecule has 1 aliphatic rings. The van der Waals surface area contributed by atoms with Gasteiger partial charge in [-0.25, -0.2) is 4.79 Å². The van der Waals surface area contributed by atoms with Crippen LogP contribution in [0.3, 0.4) is 0 Å². The molecule has 0 aliphatic carbocycles. The molecule has 0 aromatic carbocycles. The lowest BCUT2D eigenvalue weighted by Crippen LogP contribution is -2.57. The predicted molar refractivity (Wildman–Crippen MR) is 145 cm³/mol. The molecule has 2 N–H and O–H groups in total. The van der Waals surface area contributed by atoms with Gasteiger partial charge in [-0.3, -0.25) is 14.3 Å². The van der Waals surface area contributed by atoms with Gasteiger partial charge in [0.1, 0.15) is 17.8 Å². The van der Waals surface area contributed by atoms with Crippen molar-refractivity contribution in [3.05, 3.63) is 45.3 Å². The summed E-state index contributed by atoms with van der Waals surface area (Å²) < 4.78 is 21.8. The zero-order chi connectivity index (χ0) is 27.2. The van der Waals surface area contributed by atoms with Crippen molar-refractivity contribution in [3.8, 4) is 0 Å². The summed E-state index contributed by atoms with van der Waals surface area (Å²) >= 11 is 0. The third kappa shape index (κ3) is 5.83. The van der Waals surface area contributed by atoms with E-state index in [2.05, 4.69) is 79.3 Å². The number of hydrogen-bond acceptors (Lipinski definition) is 6. The molecule has 0 spiro atoms. The van der Waals surface area contributed by atoms with Gasteiger partial charge in [0.25, 0.3) is 5.56 Å². The predicted octanol–water partition coefficient (Wildman–Crippen LogP) is 4.46. The summed E-state index contributed by atoms with van der Waals surface area (Å²) in [7, 11) is -4.75. The highest BCUT2D eigenvalue weighted by atomic mass is 28.4. The molecule has 1 aromatic rings. The van der Waals surface area contributed by atoms with Crippen molar-refractivity contribution in [2.75, 3.05) is 6.61 Å². The number of hydrogen-bond donors (Lipinski definition) is 2. The quantitative estimate of drug-likeness (QED) is 0.383. The van der Waals surface area contributed by atoms with Gasteiger partial charge in [-0.15, -0.1) is 6.58 Å². The molecule has 35 heavy (non-hydrogen) atoms. The molecule has 8 nitrogen and oxygen atoms in total. The second-order valence-electron chi connectivity index (χ2n) is 12.8. The molecular weight excluding hydrogens is 480 g/mol. The molecule has 1 aliphatic heterocycles. The van der Waals surface area contributed by atoms with E-state index in [0.29, 0.717) is 12.0 Å². The van der Waals surface area contributed by atoms with E-state index in [0.717, 1.165) is 0 Å². The minimum Gasteiger partial charge on any atom is -0.408 e. The lowest BCUT2D eigenvalue weighted by molar-refractivity contribution is -0.125. The summed E-state index contributed by atoms with van der Waals surface area (Å²) in [5.41, 5.74) is -1.81. The fourth-order valence-corrected chi connectivity index (χ4v) is 6.33. The van der Waals surface area contributed by atoms with Gasteiger partial charge in [0.2, 0.25) is 0 Å². The number of nitrogens with zero attached hydrogens (tertiary/aromatic N) is 1. The van der Waals surface area contributed by atoms with Crippen molar-refractivity contribution in [3.63, 3.8) is 0 Å². The van der Waals surface area contributed by atoms with Crippen LogP contribution < -0.4 is 11.2 Å². The maximum Gasteiger partial charge on any atom is 0.330 e. The Morgan fingerprint density at radius 3 is 2.09 bits per heavy atom. The van der Waals surface area contributed by atoms with Crippen molar-refractivity contribution < 1.29 is 18.7 Å². The fourth-order valence-electron chi connectivity index (χ4n) is 3.72. The van der Waals surface area contributed by atoms with E-state index in [1.54, 1.807) is 13.0 Å². The Morgan fingerprint density at radius 1 is 1.11 bits per heavy atom. The highest BCUT2D eigenvalue weighted by Gasteiger charge is 2.60. The monoisotopic (exact) mass is 526 g/mol. The summed E-state index contributed by atoms with van der Waals surface area (Å²) in [4.78, 5) is 27.4. The van der Waals surface area contributed by atoms with Gasteiger partial charge in [0.05, 0.1) is 6.61 Å². The van der Waals surface area contributed by atoms with Gasteiger partial charge < -0.3 is 18.7 Å². The van der Waals surface area contributed by atoms with E-state index < -0.39 is 51.9 Å². The van der Waals surface area contributed by atoms with Gasteiger partial charge in [-0.2, -0.15) is 0 Å². The molecule has 0 amide bonds. The Kier molecular flexibility index (Phi) is 8.43. The zero-order valence-corrected chi connectivity index (χ0v) is 25.4. The van der Waals surface area contributed by atoms with Crippen molar-refractivity contribution in [2.24, 2.45) is 0 Å². The number of nitrogens with one attached hydrogen (secondary N) is 1. The highest BCUT2D eigenvalue weighted by molar-refractivity contribution is 6.74. The number of aromatic nitrogens is 2. The summed E-state index contributed by atoms with van der Waals surface area (Å²) in [6.45, 7) is 26.7. The SMILES string of the molecule is C=CC[C@]1(CO)O[C@@H](n2cc(C)c(=O)[nH]c2=O)[C@H](O[Si](C)(C)C(C)(C)C)[C@@H]1O[Si](C)(C)C(C)(C)C. The number of rotatable bonds is 8. The summed E-state index contributed by atoms with van der Waals surface area (Å²) in [6, 6.07) is 0. The number of aryl methyl sites for hydroxylation is 1. The van der Waals surface area contributed by atoms with Crippen LogP contribution in [0.1, 0.15) is 59.8 Å². The van der Waals surface area contributed by atoms with Crippen molar-refractivity contribution in [1.29, 1.82) is 0 Å². The van der Waals surface area contributed by atoms with Crippen molar-refractivity contribution in [2.45, 2.75) is 115 Å². The highest BCUT2D eigenvalue weighted by Crippen LogP contribution is 2.49. The van der Waals surface area contributed by atoms with Crippen LogP contribution in [0, 0.1) is 6.92 Å². The lowest BCUT2D eigenvalue weighted by atomic mass is 9.92. The Bertz CT molecular complexity index is 1030. The van der Waals surface area contributed by atoms with Crippen LogP contribution in [0.25, 0.3) is 0 Å². The normalized spacial score (nSPS) is 26.2. The third-order valence-corrected chi connectivity index (χ3v) is 17.0. The number of aromatic amines is 1. The number of ether oxygens (including phenoxy) is 1. The molecule has 1 fully saturated rings. The number of aliphatic hydroxyl groups excluding tert-OH is 1. The smallest absolute Gasteiger partial charge is 0.330 e. The Morgan fingerprint density at radius 2 is 1.63 bits per heavy atom. The van der Waals surface area contributed by atoms with Gasteiger partial charge >= 0.3 is 5.69 Å². The number of H-pyrrole nitrogens is 1. The second kappa shape index (κ2) is 9.87. The van der Waals surface area contributed by atoms with Gasteiger partial charge in [-0.1, -0.05) is 47.6 Å². The molecular formula is C25H46N2O6Si2. The van der Waals surface area contributed by atoms with Crippen LogP contribution >= 0.6 is 0 Å². The second-order valence-corrected chi connectivity index (χ2v) is 22.4. The first kappa shape index (κ1) is 29.9. The van der Waals surface area contributed by atoms with Crippen LogP contribution in [-0.4, -0.2) is 55.7 Å². The first-order valence-electron chi connectivity index (χ1n) is 12.3. The Hall–Kier alpha value is -1.31. The summed E-state index contributed by atoms with van der Waals surface area (Å²) in [5, 5.41) is 10.5. The maximum atomic E-state index is 13.0. The molecule has 0 radical (unpaired) electrons. The molecule has 10 heteroatoms. The summed E-state index contributed by atoms with van der Waals surface area (Å²) in [6.07, 6.45) is 1.29. The lowest BCUT2D eigenvalue weighted by Gasteiger charge is -2.45. The fraction of sp³-hybridized carbons (Fsp3) is 0.760. The van der Waals surface area contributed by atoms with Gasteiger partial charge in [0.15, 0.2) is 22.9 Å². The minimum atomic E-state index is -2.39. The first-order chi connectivity index (χ1) is 15.7. The molecule has 0 unspecified atom stereocenters. The van der Waals surface area contributed by atoms with Crippen LogP contribution in [0.2, 0.25) is 36.3 Å². The average molecular weight is 527 g/mol. The molecule has 2 heterocycles. The molecule has 200 valence electrons. The first-order valence-corrected chi connectivity index (χ1v) is 18.1. The van der Waals surface area contributed by atoms with Gasteiger partial charge in [-0.05, 0) is 49.6 Å². The van der Waals surface area contributed by atoms with E-state index in [9.17, 15) is 14.7 Å². The zero-order valence-electron chi connectivity index (χ0n) is 23.4. The van der Waals surface area contributed by atoms with Gasteiger partial charge in [0, 0.05) is 11.8 Å². The van der Waals surface area contributed by atoms with E-state index in [4.69, 9.17) is 13.6 Å². The molecule has 2 rings (SSSR count). The topological polar surface area (TPSA) is 103 Å². The molecule has 0 bridgehead atoms. The maximum absolute atomic E-state index is 13.0. The molecule has 1 aromatic heterocycles. The Labute approximate surface area is 212 Å². The van der Waals surface area contributed by atoms with Crippen LogP contribution in [0.15, 0.2) is 28.4 Å². The average Bonchev–Trinajstić information content (AvgIpc) is 2.96. The minimum absolute atomic E-state index is 0.104. The van der Waals surface area contributed by atoms with Crippen molar-refractivity contribution >= 4 is 16.6 Å². The van der Waals surface area contributed by atoms with Crippen LogP contribution in [0.5, 0.6) is 0 Å². The summed E-state index contributed by atoms with van der Waals surface area (Å²) in [5.74, 6) is 0. The van der Waals surface area contributed by atoms with E-state index in [1.807, 2.05) is 0 Å².